The largest absolute Gasteiger partial charge is 0.479 e. The van der Waals surface area contributed by atoms with Crippen LogP contribution in [-0.4, -0.2) is 18.1 Å². The molecule has 0 aliphatic heterocycles. The van der Waals surface area contributed by atoms with Crippen molar-refractivity contribution in [2.24, 2.45) is 5.73 Å². The van der Waals surface area contributed by atoms with E-state index in [1.165, 1.54) is 0 Å². The zero-order chi connectivity index (χ0) is 16.0. The summed E-state index contributed by atoms with van der Waals surface area (Å²) in [7, 11) is 0. The summed E-state index contributed by atoms with van der Waals surface area (Å²) in [5.74, 6) is 0.357. The van der Waals surface area contributed by atoms with Crippen LogP contribution >= 0.6 is 11.6 Å². The van der Waals surface area contributed by atoms with Gasteiger partial charge in [0.1, 0.15) is 5.75 Å². The van der Waals surface area contributed by atoms with Gasteiger partial charge in [0, 0.05) is 12.1 Å². The second-order valence-electron chi connectivity index (χ2n) is 5.44. The van der Waals surface area contributed by atoms with Crippen molar-refractivity contribution >= 4 is 17.5 Å². The van der Waals surface area contributed by atoms with Crippen LogP contribution in [0.5, 0.6) is 5.75 Å². The fourth-order valence-electron chi connectivity index (χ4n) is 2.01. The van der Waals surface area contributed by atoms with E-state index < -0.39 is 6.10 Å². The lowest BCUT2D eigenvalue weighted by molar-refractivity contribution is -0.127. The maximum atomic E-state index is 12.0. The van der Waals surface area contributed by atoms with E-state index in [0.29, 0.717) is 10.8 Å². The molecule has 1 amide bonds. The number of rotatable bonds is 7. The number of carbonyl (C=O) groups is 1. The predicted molar refractivity (Wildman–Crippen MR) is 86.7 cm³/mol. The molecule has 5 heteroatoms. The van der Waals surface area contributed by atoms with Gasteiger partial charge in [0.05, 0.1) is 5.02 Å². The molecule has 2 unspecified atom stereocenters. The minimum Gasteiger partial charge on any atom is -0.479 e. The van der Waals surface area contributed by atoms with Gasteiger partial charge in [0.15, 0.2) is 6.10 Å². The van der Waals surface area contributed by atoms with Gasteiger partial charge in [-0.1, -0.05) is 31.0 Å². The van der Waals surface area contributed by atoms with E-state index in [2.05, 4.69) is 12.2 Å². The Hall–Kier alpha value is -1.26. The predicted octanol–water partition coefficient (Wildman–Crippen LogP) is 3.43. The Morgan fingerprint density at radius 1 is 1.38 bits per heavy atom. The highest BCUT2D eigenvalue weighted by molar-refractivity contribution is 6.32. The first kappa shape index (κ1) is 17.8. The normalized spacial score (nSPS) is 15.1. The van der Waals surface area contributed by atoms with Crippen LogP contribution in [0.2, 0.25) is 5.02 Å². The second-order valence-corrected chi connectivity index (χ2v) is 5.84. The Morgan fingerprint density at radius 3 is 2.57 bits per heavy atom. The topological polar surface area (TPSA) is 64.3 Å². The van der Waals surface area contributed by atoms with Gasteiger partial charge in [-0.05, 0) is 44.9 Å². The molecule has 0 aromatic heterocycles. The summed E-state index contributed by atoms with van der Waals surface area (Å²) in [5.41, 5.74) is 6.73. The molecule has 0 fully saturated rings. The third-order valence-corrected chi connectivity index (χ3v) is 3.56. The van der Waals surface area contributed by atoms with Crippen molar-refractivity contribution in [2.75, 3.05) is 0 Å². The molecule has 1 aromatic rings. The molecule has 3 atom stereocenters. The van der Waals surface area contributed by atoms with Crippen LogP contribution in [0.15, 0.2) is 18.2 Å². The summed E-state index contributed by atoms with van der Waals surface area (Å²) in [4.78, 5) is 12.0. The number of carbonyl (C=O) groups excluding carboxylic acids is 1. The number of ether oxygens (including phenoxy) is 1. The number of benzene rings is 1. The van der Waals surface area contributed by atoms with E-state index in [1.54, 1.807) is 19.1 Å². The summed E-state index contributed by atoms with van der Waals surface area (Å²) >= 11 is 6.17. The monoisotopic (exact) mass is 312 g/mol. The minimum absolute atomic E-state index is 0.0906. The number of amides is 1. The maximum Gasteiger partial charge on any atom is 0.260 e. The molecule has 1 aromatic carbocycles. The minimum atomic E-state index is -0.594. The fourth-order valence-corrected chi connectivity index (χ4v) is 2.24. The SMILES string of the molecule is CCCC(C)NC(=O)C(C)Oc1ccc([C@H](C)N)cc1Cl. The summed E-state index contributed by atoms with van der Waals surface area (Å²) < 4.78 is 5.64. The van der Waals surface area contributed by atoms with Crippen LogP contribution < -0.4 is 15.8 Å². The molecule has 0 saturated carbocycles. The summed E-state index contributed by atoms with van der Waals surface area (Å²) in [6.07, 6.45) is 1.38. The lowest BCUT2D eigenvalue weighted by Gasteiger charge is -2.19. The van der Waals surface area contributed by atoms with Crippen LogP contribution in [0.1, 0.15) is 52.1 Å². The highest BCUT2D eigenvalue weighted by Gasteiger charge is 2.18. The van der Waals surface area contributed by atoms with Crippen molar-refractivity contribution in [1.29, 1.82) is 0 Å². The van der Waals surface area contributed by atoms with E-state index in [0.717, 1.165) is 18.4 Å². The van der Waals surface area contributed by atoms with Gasteiger partial charge in [-0.2, -0.15) is 0 Å². The van der Waals surface area contributed by atoms with Crippen LogP contribution in [0.25, 0.3) is 0 Å². The van der Waals surface area contributed by atoms with E-state index >= 15 is 0 Å². The van der Waals surface area contributed by atoms with Crippen LogP contribution in [0.4, 0.5) is 0 Å². The number of hydrogen-bond donors (Lipinski definition) is 2. The molecule has 0 bridgehead atoms. The molecular weight excluding hydrogens is 288 g/mol. The fraction of sp³-hybridized carbons (Fsp3) is 0.562. The van der Waals surface area contributed by atoms with Crippen LogP contribution in [0, 0.1) is 0 Å². The molecule has 0 aliphatic rings. The van der Waals surface area contributed by atoms with Crippen molar-refractivity contribution < 1.29 is 9.53 Å². The van der Waals surface area contributed by atoms with E-state index in [9.17, 15) is 4.79 Å². The molecule has 0 radical (unpaired) electrons. The molecule has 21 heavy (non-hydrogen) atoms. The zero-order valence-electron chi connectivity index (χ0n) is 13.2. The van der Waals surface area contributed by atoms with Crippen molar-refractivity contribution in [1.82, 2.24) is 5.32 Å². The molecule has 0 aliphatic carbocycles. The van der Waals surface area contributed by atoms with Gasteiger partial charge < -0.3 is 15.8 Å². The van der Waals surface area contributed by atoms with Crippen LogP contribution in [-0.2, 0) is 4.79 Å². The maximum absolute atomic E-state index is 12.0. The third kappa shape index (κ3) is 5.56. The quantitative estimate of drug-likeness (QED) is 0.810. The lowest BCUT2D eigenvalue weighted by atomic mass is 10.1. The number of nitrogens with two attached hydrogens (primary N) is 1. The first-order valence-corrected chi connectivity index (χ1v) is 7.75. The first-order chi connectivity index (χ1) is 9.85. The second kappa shape index (κ2) is 8.25. The van der Waals surface area contributed by atoms with E-state index in [4.69, 9.17) is 22.1 Å². The molecule has 3 N–H and O–H groups in total. The van der Waals surface area contributed by atoms with Crippen LogP contribution in [0.3, 0.4) is 0 Å². The summed E-state index contributed by atoms with van der Waals surface area (Å²) in [5, 5.41) is 3.39. The smallest absolute Gasteiger partial charge is 0.260 e. The van der Waals surface area contributed by atoms with Gasteiger partial charge in [0.25, 0.3) is 5.91 Å². The number of halogens is 1. The molecular formula is C16H25ClN2O2. The van der Waals surface area contributed by atoms with Crippen molar-refractivity contribution in [3.63, 3.8) is 0 Å². The van der Waals surface area contributed by atoms with Crippen molar-refractivity contribution in [3.05, 3.63) is 28.8 Å². The average Bonchev–Trinajstić information content (AvgIpc) is 2.40. The molecule has 0 saturated heterocycles. The van der Waals surface area contributed by atoms with Gasteiger partial charge in [-0.25, -0.2) is 0 Å². The molecule has 0 spiro atoms. The molecule has 4 nitrogen and oxygen atoms in total. The zero-order valence-corrected chi connectivity index (χ0v) is 13.9. The summed E-state index contributed by atoms with van der Waals surface area (Å²) in [6, 6.07) is 5.43. The Kier molecular flexibility index (Phi) is 6.99. The molecule has 0 heterocycles. The summed E-state index contributed by atoms with van der Waals surface area (Å²) in [6.45, 7) is 7.67. The highest BCUT2D eigenvalue weighted by Crippen LogP contribution is 2.28. The average molecular weight is 313 g/mol. The van der Waals surface area contributed by atoms with Gasteiger partial charge in [-0.3, -0.25) is 4.79 Å². The van der Waals surface area contributed by atoms with Crippen molar-refractivity contribution in [2.45, 2.75) is 58.7 Å². The standard InChI is InChI=1S/C16H25ClN2O2/c1-5-6-10(2)19-16(20)12(4)21-15-8-7-13(11(3)18)9-14(15)17/h7-12H,5-6,18H2,1-4H3,(H,19,20)/t10?,11-,12?/m0/s1. The van der Waals surface area contributed by atoms with E-state index in [1.807, 2.05) is 19.9 Å². The number of nitrogens with one attached hydrogen (secondary N) is 1. The van der Waals surface area contributed by atoms with Gasteiger partial charge >= 0.3 is 0 Å². The van der Waals surface area contributed by atoms with Crippen molar-refractivity contribution in [3.8, 4) is 5.75 Å². The lowest BCUT2D eigenvalue weighted by Crippen LogP contribution is -2.41. The first-order valence-electron chi connectivity index (χ1n) is 7.37. The highest BCUT2D eigenvalue weighted by atomic mass is 35.5. The Bertz CT molecular complexity index is 477. The Labute approximate surface area is 132 Å². The Morgan fingerprint density at radius 2 is 2.05 bits per heavy atom. The number of hydrogen-bond acceptors (Lipinski definition) is 3. The van der Waals surface area contributed by atoms with Gasteiger partial charge in [0.2, 0.25) is 0 Å². The van der Waals surface area contributed by atoms with Gasteiger partial charge in [-0.15, -0.1) is 0 Å². The Balaban J connectivity index is 2.66. The molecule has 118 valence electrons. The molecule has 1 rings (SSSR count). The van der Waals surface area contributed by atoms with E-state index in [-0.39, 0.29) is 18.0 Å². The third-order valence-electron chi connectivity index (χ3n) is 3.27.